The van der Waals surface area contributed by atoms with Gasteiger partial charge in [0.2, 0.25) is 0 Å². The first-order valence-corrected chi connectivity index (χ1v) is 5.78. The van der Waals surface area contributed by atoms with Crippen molar-refractivity contribution in [2.75, 3.05) is 0 Å². The van der Waals surface area contributed by atoms with Crippen LogP contribution in [0.3, 0.4) is 0 Å². The van der Waals surface area contributed by atoms with Crippen molar-refractivity contribution in [2.45, 2.75) is 26.2 Å². The number of carboxylic acid groups (broad SMARTS) is 1. The smallest absolute Gasteiger partial charge is 0.315 e. The lowest BCUT2D eigenvalue weighted by Gasteiger charge is -2.15. The molecule has 18 heavy (non-hydrogen) atoms. The van der Waals surface area contributed by atoms with Crippen LogP contribution in [0.25, 0.3) is 5.69 Å². The molecule has 0 spiro atoms. The molecular formula is C14H16N2O2. The van der Waals surface area contributed by atoms with Crippen molar-refractivity contribution in [3.63, 3.8) is 0 Å². The lowest BCUT2D eigenvalue weighted by Crippen LogP contribution is -2.29. The van der Waals surface area contributed by atoms with Crippen molar-refractivity contribution >= 4 is 5.97 Å². The Kier molecular flexibility index (Phi) is 2.95. The predicted molar refractivity (Wildman–Crippen MR) is 69.0 cm³/mol. The lowest BCUT2D eigenvalue weighted by atomic mass is 9.90. The molecule has 1 aromatic heterocycles. The second-order valence-electron chi connectivity index (χ2n) is 4.91. The third-order valence-electron chi connectivity index (χ3n) is 3.03. The van der Waals surface area contributed by atoms with Crippen LogP contribution in [0.15, 0.2) is 36.5 Å². The summed E-state index contributed by atoms with van der Waals surface area (Å²) in [6.45, 7) is 5.31. The fourth-order valence-corrected chi connectivity index (χ4v) is 1.68. The van der Waals surface area contributed by atoms with Crippen molar-refractivity contribution in [3.05, 3.63) is 47.8 Å². The number of hydrogen-bond acceptors (Lipinski definition) is 2. The maximum atomic E-state index is 11.2. The molecule has 2 aromatic rings. The summed E-state index contributed by atoms with van der Waals surface area (Å²) in [6.07, 6.45) is 1.79. The fourth-order valence-electron chi connectivity index (χ4n) is 1.68. The van der Waals surface area contributed by atoms with Gasteiger partial charge < -0.3 is 5.11 Å². The molecule has 0 radical (unpaired) electrons. The van der Waals surface area contributed by atoms with Crippen LogP contribution in [0.5, 0.6) is 0 Å². The number of carboxylic acids is 1. The molecule has 0 aliphatic carbocycles. The topological polar surface area (TPSA) is 55.1 Å². The number of nitrogens with zero attached hydrogens (tertiary/aromatic N) is 2. The third-order valence-corrected chi connectivity index (χ3v) is 3.03. The number of aromatic nitrogens is 2. The second-order valence-corrected chi connectivity index (χ2v) is 4.91. The summed E-state index contributed by atoms with van der Waals surface area (Å²) in [5.41, 5.74) is 1.65. The van der Waals surface area contributed by atoms with Gasteiger partial charge in [-0.05, 0) is 44.5 Å². The Morgan fingerprint density at radius 2 is 2.06 bits per heavy atom. The number of rotatable bonds is 3. The van der Waals surface area contributed by atoms with Gasteiger partial charge in [0, 0.05) is 6.20 Å². The third kappa shape index (κ3) is 2.14. The molecule has 0 aliphatic rings. The van der Waals surface area contributed by atoms with E-state index in [9.17, 15) is 4.79 Å². The SMILES string of the molecule is Cc1cccc(-n2ccc(C(C)(C)C(=O)O)n2)c1. The summed E-state index contributed by atoms with van der Waals surface area (Å²) in [5, 5.41) is 13.5. The Labute approximate surface area is 106 Å². The second kappa shape index (κ2) is 4.29. The summed E-state index contributed by atoms with van der Waals surface area (Å²) in [4.78, 5) is 11.2. The highest BCUT2D eigenvalue weighted by molar-refractivity contribution is 5.79. The Hall–Kier alpha value is -2.10. The largest absolute Gasteiger partial charge is 0.481 e. The van der Waals surface area contributed by atoms with E-state index in [4.69, 9.17) is 5.11 Å². The van der Waals surface area contributed by atoms with E-state index in [0.717, 1.165) is 11.3 Å². The highest BCUT2D eigenvalue weighted by Gasteiger charge is 2.31. The highest BCUT2D eigenvalue weighted by atomic mass is 16.4. The van der Waals surface area contributed by atoms with Gasteiger partial charge in [-0.3, -0.25) is 4.79 Å². The van der Waals surface area contributed by atoms with E-state index in [-0.39, 0.29) is 0 Å². The zero-order valence-corrected chi connectivity index (χ0v) is 10.7. The van der Waals surface area contributed by atoms with Gasteiger partial charge in [0.25, 0.3) is 0 Å². The minimum absolute atomic E-state index is 0.552. The molecule has 0 atom stereocenters. The van der Waals surface area contributed by atoms with E-state index < -0.39 is 11.4 Å². The van der Waals surface area contributed by atoms with Crippen molar-refractivity contribution in [1.82, 2.24) is 9.78 Å². The molecule has 94 valence electrons. The maximum absolute atomic E-state index is 11.2. The zero-order valence-electron chi connectivity index (χ0n) is 10.7. The Morgan fingerprint density at radius 3 is 2.67 bits per heavy atom. The number of aryl methyl sites for hydroxylation is 1. The summed E-state index contributed by atoms with van der Waals surface area (Å²) in [7, 11) is 0. The van der Waals surface area contributed by atoms with Crippen molar-refractivity contribution in [3.8, 4) is 5.69 Å². The van der Waals surface area contributed by atoms with Crippen LogP contribution in [0, 0.1) is 6.92 Å². The van der Waals surface area contributed by atoms with Crippen LogP contribution in [0.4, 0.5) is 0 Å². The number of aliphatic carboxylic acids is 1. The predicted octanol–water partition coefficient (Wildman–Crippen LogP) is 2.54. The summed E-state index contributed by atoms with van der Waals surface area (Å²) in [6, 6.07) is 9.65. The van der Waals surface area contributed by atoms with Crippen LogP contribution >= 0.6 is 0 Å². The lowest BCUT2D eigenvalue weighted by molar-refractivity contribution is -0.142. The van der Waals surface area contributed by atoms with Gasteiger partial charge in [-0.1, -0.05) is 12.1 Å². The van der Waals surface area contributed by atoms with Gasteiger partial charge in [-0.25, -0.2) is 4.68 Å². The molecule has 1 N–H and O–H groups in total. The molecule has 4 nitrogen and oxygen atoms in total. The minimum Gasteiger partial charge on any atom is -0.481 e. The van der Waals surface area contributed by atoms with Crippen LogP contribution in [0.2, 0.25) is 0 Å². The average molecular weight is 244 g/mol. The van der Waals surface area contributed by atoms with Gasteiger partial charge in [0.15, 0.2) is 0 Å². The fraction of sp³-hybridized carbons (Fsp3) is 0.286. The number of carbonyl (C=O) groups is 1. The molecule has 0 unspecified atom stereocenters. The Bertz CT molecular complexity index is 585. The summed E-state index contributed by atoms with van der Waals surface area (Å²) < 4.78 is 1.70. The first kappa shape index (κ1) is 12.4. The van der Waals surface area contributed by atoms with Crippen molar-refractivity contribution in [1.29, 1.82) is 0 Å². The Morgan fingerprint density at radius 1 is 1.33 bits per heavy atom. The van der Waals surface area contributed by atoms with Crippen LogP contribution < -0.4 is 0 Å². The zero-order chi connectivity index (χ0) is 13.3. The molecule has 0 amide bonds. The van der Waals surface area contributed by atoms with E-state index in [1.807, 2.05) is 31.2 Å². The van der Waals surface area contributed by atoms with Gasteiger partial charge in [0.1, 0.15) is 5.41 Å². The van der Waals surface area contributed by atoms with Gasteiger partial charge in [-0.2, -0.15) is 5.10 Å². The van der Waals surface area contributed by atoms with Gasteiger partial charge >= 0.3 is 5.97 Å². The Balaban J connectivity index is 2.40. The quantitative estimate of drug-likeness (QED) is 0.902. The first-order valence-electron chi connectivity index (χ1n) is 5.78. The summed E-state index contributed by atoms with van der Waals surface area (Å²) >= 11 is 0. The molecule has 2 rings (SSSR count). The van der Waals surface area contributed by atoms with Crippen LogP contribution in [-0.4, -0.2) is 20.9 Å². The molecule has 0 fully saturated rings. The minimum atomic E-state index is -0.977. The number of hydrogen-bond donors (Lipinski definition) is 1. The highest BCUT2D eigenvalue weighted by Crippen LogP contribution is 2.22. The first-order chi connectivity index (χ1) is 8.41. The van der Waals surface area contributed by atoms with E-state index >= 15 is 0 Å². The molecule has 0 bridgehead atoms. The molecule has 4 heteroatoms. The maximum Gasteiger partial charge on any atom is 0.315 e. The number of benzene rings is 1. The standard InChI is InChI=1S/C14H16N2O2/c1-10-5-4-6-11(9-10)16-8-7-12(15-16)14(2,3)13(17)18/h4-9H,1-3H3,(H,17,18). The van der Waals surface area contributed by atoms with Crippen molar-refractivity contribution < 1.29 is 9.90 Å². The molecular weight excluding hydrogens is 228 g/mol. The normalized spacial score (nSPS) is 11.5. The van der Waals surface area contributed by atoms with Gasteiger partial charge in [-0.15, -0.1) is 0 Å². The summed E-state index contributed by atoms with van der Waals surface area (Å²) in [5.74, 6) is -0.878. The van der Waals surface area contributed by atoms with E-state index in [1.165, 1.54) is 0 Å². The molecule has 0 aliphatic heterocycles. The molecule has 1 aromatic carbocycles. The van der Waals surface area contributed by atoms with E-state index in [2.05, 4.69) is 5.10 Å². The molecule has 0 saturated heterocycles. The average Bonchev–Trinajstić information content (AvgIpc) is 2.78. The monoisotopic (exact) mass is 244 g/mol. The van der Waals surface area contributed by atoms with Crippen LogP contribution in [-0.2, 0) is 10.2 Å². The van der Waals surface area contributed by atoms with E-state index in [1.54, 1.807) is 30.8 Å². The molecule has 0 saturated carbocycles. The van der Waals surface area contributed by atoms with Crippen molar-refractivity contribution in [2.24, 2.45) is 0 Å². The molecule has 1 heterocycles. The van der Waals surface area contributed by atoms with E-state index in [0.29, 0.717) is 5.69 Å². The van der Waals surface area contributed by atoms with Crippen LogP contribution in [0.1, 0.15) is 25.1 Å². The van der Waals surface area contributed by atoms with Gasteiger partial charge in [0.05, 0.1) is 11.4 Å².